The normalized spacial score (nSPS) is 14.3. The Morgan fingerprint density at radius 2 is 1.65 bits per heavy atom. The Hall–Kier alpha value is -2.24. The van der Waals surface area contributed by atoms with Gasteiger partial charge in [0.15, 0.2) is 0 Å². The molecule has 0 saturated heterocycles. The van der Waals surface area contributed by atoms with Crippen molar-refractivity contribution in [3.05, 3.63) is 59.4 Å². The summed E-state index contributed by atoms with van der Waals surface area (Å²) in [4.78, 5) is 4.06. The Kier molecular flexibility index (Phi) is 3.92. The molecule has 2 aromatic rings. The third-order valence-corrected chi connectivity index (χ3v) is 4.00. The van der Waals surface area contributed by atoms with Crippen molar-refractivity contribution in [2.24, 2.45) is 0 Å². The third-order valence-electron chi connectivity index (χ3n) is 4.00. The van der Waals surface area contributed by atoms with E-state index < -0.39 is 11.7 Å². The summed E-state index contributed by atoms with van der Waals surface area (Å²) in [6, 6.07) is 9.72. The summed E-state index contributed by atoms with van der Waals surface area (Å²) in [5.74, 6) is -0.320. The van der Waals surface area contributed by atoms with Gasteiger partial charge in [-0.3, -0.25) is 0 Å². The summed E-state index contributed by atoms with van der Waals surface area (Å²) in [6.45, 7) is 3.82. The van der Waals surface area contributed by atoms with E-state index in [0.717, 1.165) is 35.6 Å². The summed E-state index contributed by atoms with van der Waals surface area (Å²) in [6.07, 6.45) is -4.33. The van der Waals surface area contributed by atoms with Gasteiger partial charge in [0.1, 0.15) is 5.82 Å². The van der Waals surface area contributed by atoms with Crippen LogP contribution in [0.15, 0.2) is 42.5 Å². The molecule has 0 atom stereocenters. The summed E-state index contributed by atoms with van der Waals surface area (Å²) in [5.41, 5.74) is 1.81. The zero-order chi connectivity index (χ0) is 16.6. The van der Waals surface area contributed by atoms with E-state index in [-0.39, 0.29) is 5.82 Å². The highest BCUT2D eigenvalue weighted by atomic mass is 19.4. The molecule has 0 amide bonds. The standard InChI is InChI=1S/C17H16F4N2/c1-2-22-11-23(16-9-14(18)7-8-15(16)22)10-12-3-5-13(6-4-12)17(19,20)21/h3-9H,2,10-11H2,1H3. The van der Waals surface area contributed by atoms with Gasteiger partial charge in [0.2, 0.25) is 0 Å². The Morgan fingerprint density at radius 1 is 0.957 bits per heavy atom. The van der Waals surface area contributed by atoms with Crippen LogP contribution >= 0.6 is 0 Å². The number of hydrogen-bond donors (Lipinski definition) is 0. The number of halogens is 4. The molecule has 0 N–H and O–H groups in total. The third kappa shape index (κ3) is 3.11. The van der Waals surface area contributed by atoms with Crippen molar-refractivity contribution in [3.63, 3.8) is 0 Å². The quantitative estimate of drug-likeness (QED) is 0.758. The van der Waals surface area contributed by atoms with Gasteiger partial charge in [-0.1, -0.05) is 12.1 Å². The van der Waals surface area contributed by atoms with Crippen molar-refractivity contribution >= 4 is 11.4 Å². The van der Waals surface area contributed by atoms with E-state index in [1.54, 1.807) is 6.07 Å². The predicted molar refractivity (Wildman–Crippen MR) is 81.9 cm³/mol. The van der Waals surface area contributed by atoms with Gasteiger partial charge >= 0.3 is 6.18 Å². The van der Waals surface area contributed by atoms with E-state index in [2.05, 4.69) is 4.90 Å². The molecule has 1 aliphatic heterocycles. The molecule has 0 bridgehead atoms. The van der Waals surface area contributed by atoms with Crippen LogP contribution in [0.25, 0.3) is 0 Å². The molecule has 0 aromatic heterocycles. The maximum absolute atomic E-state index is 13.5. The van der Waals surface area contributed by atoms with Crippen LogP contribution in [-0.4, -0.2) is 13.2 Å². The van der Waals surface area contributed by atoms with Crippen LogP contribution in [-0.2, 0) is 12.7 Å². The first kappa shape index (κ1) is 15.6. The van der Waals surface area contributed by atoms with Crippen LogP contribution in [0.3, 0.4) is 0 Å². The SMILES string of the molecule is CCN1CN(Cc2ccc(C(F)(F)F)cc2)c2cc(F)ccc21. The summed E-state index contributed by atoms with van der Waals surface area (Å²) < 4.78 is 51.3. The van der Waals surface area contributed by atoms with Gasteiger partial charge in [0.25, 0.3) is 0 Å². The number of anilines is 2. The molecule has 0 fully saturated rings. The van der Waals surface area contributed by atoms with Crippen LogP contribution in [0.2, 0.25) is 0 Å². The minimum absolute atomic E-state index is 0.320. The van der Waals surface area contributed by atoms with E-state index in [1.165, 1.54) is 24.3 Å². The molecular formula is C17H16F4N2. The summed E-state index contributed by atoms with van der Waals surface area (Å²) in [5, 5.41) is 0. The molecule has 3 rings (SSSR count). The number of hydrogen-bond acceptors (Lipinski definition) is 2. The molecule has 0 unspecified atom stereocenters. The number of rotatable bonds is 3. The molecular weight excluding hydrogens is 308 g/mol. The Labute approximate surface area is 131 Å². The second-order valence-corrected chi connectivity index (χ2v) is 5.52. The van der Waals surface area contributed by atoms with E-state index in [0.29, 0.717) is 13.2 Å². The highest BCUT2D eigenvalue weighted by Gasteiger charge is 2.30. The number of benzene rings is 2. The lowest BCUT2D eigenvalue weighted by molar-refractivity contribution is -0.137. The van der Waals surface area contributed by atoms with E-state index in [9.17, 15) is 17.6 Å². The molecule has 1 aliphatic rings. The van der Waals surface area contributed by atoms with Gasteiger partial charge in [-0.25, -0.2) is 4.39 Å². The van der Waals surface area contributed by atoms with Crippen molar-refractivity contribution < 1.29 is 17.6 Å². The Balaban J connectivity index is 1.83. The molecule has 2 aromatic carbocycles. The van der Waals surface area contributed by atoms with Gasteiger partial charge in [-0.2, -0.15) is 13.2 Å². The molecule has 2 nitrogen and oxygen atoms in total. The monoisotopic (exact) mass is 324 g/mol. The molecule has 0 aliphatic carbocycles. The highest BCUT2D eigenvalue weighted by molar-refractivity contribution is 5.76. The fraction of sp³-hybridized carbons (Fsp3) is 0.294. The molecule has 0 radical (unpaired) electrons. The van der Waals surface area contributed by atoms with Gasteiger partial charge in [-0.15, -0.1) is 0 Å². The van der Waals surface area contributed by atoms with E-state index >= 15 is 0 Å². The molecule has 0 spiro atoms. The average Bonchev–Trinajstić information content (AvgIpc) is 2.84. The Bertz CT molecular complexity index is 695. The van der Waals surface area contributed by atoms with Crippen LogP contribution < -0.4 is 9.80 Å². The van der Waals surface area contributed by atoms with Crippen LogP contribution in [0, 0.1) is 5.82 Å². The van der Waals surface area contributed by atoms with Crippen LogP contribution in [0.1, 0.15) is 18.1 Å². The number of alkyl halides is 3. The van der Waals surface area contributed by atoms with Crippen molar-refractivity contribution in [1.29, 1.82) is 0 Å². The molecule has 6 heteroatoms. The first-order valence-corrected chi connectivity index (χ1v) is 7.34. The second-order valence-electron chi connectivity index (χ2n) is 5.52. The van der Waals surface area contributed by atoms with Gasteiger partial charge in [0.05, 0.1) is 23.6 Å². The molecule has 122 valence electrons. The lowest BCUT2D eigenvalue weighted by Gasteiger charge is -2.21. The average molecular weight is 324 g/mol. The van der Waals surface area contributed by atoms with Crippen molar-refractivity contribution in [1.82, 2.24) is 0 Å². The maximum Gasteiger partial charge on any atom is 0.416 e. The van der Waals surface area contributed by atoms with Crippen LogP contribution in [0.5, 0.6) is 0 Å². The minimum atomic E-state index is -4.33. The molecule has 23 heavy (non-hydrogen) atoms. The largest absolute Gasteiger partial charge is 0.416 e. The van der Waals surface area contributed by atoms with E-state index in [4.69, 9.17) is 0 Å². The first-order valence-electron chi connectivity index (χ1n) is 7.34. The van der Waals surface area contributed by atoms with Gasteiger partial charge in [-0.05, 0) is 42.8 Å². The van der Waals surface area contributed by atoms with Crippen molar-refractivity contribution in [2.45, 2.75) is 19.6 Å². The maximum atomic E-state index is 13.5. The highest BCUT2D eigenvalue weighted by Crippen LogP contribution is 2.37. The van der Waals surface area contributed by atoms with Crippen molar-refractivity contribution in [2.75, 3.05) is 23.0 Å². The molecule has 1 heterocycles. The predicted octanol–water partition coefficient (Wildman–Crippen LogP) is 4.65. The zero-order valence-corrected chi connectivity index (χ0v) is 12.6. The Morgan fingerprint density at radius 3 is 2.26 bits per heavy atom. The lowest BCUT2D eigenvalue weighted by Crippen LogP contribution is -2.30. The minimum Gasteiger partial charge on any atom is -0.352 e. The van der Waals surface area contributed by atoms with E-state index in [1.807, 2.05) is 11.8 Å². The number of nitrogens with zero attached hydrogens (tertiary/aromatic N) is 2. The number of fused-ring (bicyclic) bond motifs is 1. The smallest absolute Gasteiger partial charge is 0.352 e. The second kappa shape index (κ2) is 5.76. The zero-order valence-electron chi connectivity index (χ0n) is 12.6. The van der Waals surface area contributed by atoms with Gasteiger partial charge in [0, 0.05) is 13.1 Å². The molecule has 0 saturated carbocycles. The van der Waals surface area contributed by atoms with Gasteiger partial charge < -0.3 is 9.80 Å². The lowest BCUT2D eigenvalue weighted by atomic mass is 10.1. The fourth-order valence-corrected chi connectivity index (χ4v) is 2.80. The summed E-state index contributed by atoms with van der Waals surface area (Å²) >= 11 is 0. The summed E-state index contributed by atoms with van der Waals surface area (Å²) in [7, 11) is 0. The van der Waals surface area contributed by atoms with Crippen LogP contribution in [0.4, 0.5) is 28.9 Å². The fourth-order valence-electron chi connectivity index (χ4n) is 2.80. The first-order chi connectivity index (χ1) is 10.9. The van der Waals surface area contributed by atoms with Crippen molar-refractivity contribution in [3.8, 4) is 0 Å². The topological polar surface area (TPSA) is 6.48 Å².